The molecule has 0 aromatic heterocycles. The molecule has 3 unspecified atom stereocenters. The lowest BCUT2D eigenvalue weighted by Crippen LogP contribution is -2.44. The van der Waals surface area contributed by atoms with E-state index in [1.807, 2.05) is 0 Å². The number of hydrogen-bond acceptors (Lipinski definition) is 3. The van der Waals surface area contributed by atoms with Crippen molar-refractivity contribution in [3.05, 3.63) is 0 Å². The second-order valence-electron chi connectivity index (χ2n) is 3.83. The van der Waals surface area contributed by atoms with Gasteiger partial charge in [0.2, 0.25) is 0 Å². The fourth-order valence-electron chi connectivity index (χ4n) is 1.81. The zero-order valence-electron chi connectivity index (χ0n) is 7.79. The van der Waals surface area contributed by atoms with Gasteiger partial charge in [-0.1, -0.05) is 6.92 Å². The third-order valence-electron chi connectivity index (χ3n) is 2.80. The molecular formula is C9H20N2O. The first kappa shape index (κ1) is 9.96. The van der Waals surface area contributed by atoms with E-state index in [1.54, 1.807) is 0 Å². The van der Waals surface area contributed by atoms with Gasteiger partial charge in [0.1, 0.15) is 0 Å². The molecule has 3 heteroatoms. The average Bonchev–Trinajstić information content (AvgIpc) is 2.07. The van der Waals surface area contributed by atoms with E-state index < -0.39 is 0 Å². The van der Waals surface area contributed by atoms with Crippen LogP contribution in [0, 0.1) is 5.92 Å². The lowest BCUT2D eigenvalue weighted by atomic mass is 9.83. The fraction of sp³-hybridized carbons (Fsp3) is 1.00. The molecule has 0 spiro atoms. The summed E-state index contributed by atoms with van der Waals surface area (Å²) in [5, 5.41) is 11.9. The van der Waals surface area contributed by atoms with E-state index >= 15 is 0 Å². The summed E-state index contributed by atoms with van der Waals surface area (Å²) in [5.74, 6) is 0.664. The van der Waals surface area contributed by atoms with Gasteiger partial charge in [-0.05, 0) is 25.2 Å². The normalized spacial score (nSPS) is 36.8. The van der Waals surface area contributed by atoms with E-state index in [0.29, 0.717) is 24.5 Å². The van der Waals surface area contributed by atoms with E-state index in [0.717, 1.165) is 6.42 Å². The minimum absolute atomic E-state index is 0.224. The van der Waals surface area contributed by atoms with Crippen molar-refractivity contribution in [2.24, 2.45) is 11.7 Å². The lowest BCUT2D eigenvalue weighted by Gasteiger charge is -2.32. The Morgan fingerprint density at radius 3 is 2.83 bits per heavy atom. The maximum atomic E-state index is 8.62. The van der Waals surface area contributed by atoms with Crippen LogP contribution in [0.3, 0.4) is 0 Å². The lowest BCUT2D eigenvalue weighted by molar-refractivity contribution is 0.241. The van der Waals surface area contributed by atoms with Crippen molar-refractivity contribution in [3.8, 4) is 0 Å². The Labute approximate surface area is 74.3 Å². The topological polar surface area (TPSA) is 58.3 Å². The van der Waals surface area contributed by atoms with Gasteiger partial charge in [0, 0.05) is 18.6 Å². The van der Waals surface area contributed by atoms with Crippen LogP contribution >= 0.6 is 0 Å². The quantitative estimate of drug-likeness (QED) is 0.565. The predicted octanol–water partition coefficient (Wildman–Crippen LogP) is 0.0842. The van der Waals surface area contributed by atoms with Crippen LogP contribution in [0.4, 0.5) is 0 Å². The van der Waals surface area contributed by atoms with Gasteiger partial charge in [0.15, 0.2) is 0 Å². The smallest absolute Gasteiger partial charge is 0.0556 e. The Bertz CT molecular complexity index is 128. The Balaban J connectivity index is 2.21. The minimum Gasteiger partial charge on any atom is -0.395 e. The first-order chi connectivity index (χ1) is 5.74. The Kier molecular flexibility index (Phi) is 3.98. The van der Waals surface area contributed by atoms with E-state index in [9.17, 15) is 0 Å². The highest BCUT2D eigenvalue weighted by atomic mass is 16.3. The zero-order valence-corrected chi connectivity index (χ0v) is 7.79. The summed E-state index contributed by atoms with van der Waals surface area (Å²) in [4.78, 5) is 0. The fourth-order valence-corrected chi connectivity index (χ4v) is 1.81. The van der Waals surface area contributed by atoms with Gasteiger partial charge in [-0.25, -0.2) is 0 Å². The van der Waals surface area contributed by atoms with E-state index in [1.165, 1.54) is 12.8 Å². The molecule has 4 N–H and O–H groups in total. The van der Waals surface area contributed by atoms with Crippen LogP contribution in [0.15, 0.2) is 0 Å². The van der Waals surface area contributed by atoms with Crippen LogP contribution in [-0.2, 0) is 0 Å². The van der Waals surface area contributed by atoms with Gasteiger partial charge < -0.3 is 16.2 Å². The van der Waals surface area contributed by atoms with Crippen LogP contribution < -0.4 is 11.1 Å². The molecule has 1 rings (SSSR count). The Hall–Kier alpha value is -0.120. The highest BCUT2D eigenvalue weighted by Crippen LogP contribution is 2.22. The monoisotopic (exact) mass is 172 g/mol. The molecule has 1 saturated carbocycles. The highest BCUT2D eigenvalue weighted by Gasteiger charge is 2.23. The van der Waals surface area contributed by atoms with Crippen molar-refractivity contribution in [2.45, 2.75) is 38.3 Å². The number of aliphatic hydroxyl groups excluding tert-OH is 1. The van der Waals surface area contributed by atoms with Gasteiger partial charge >= 0.3 is 0 Å². The molecular weight excluding hydrogens is 152 g/mol. The van der Waals surface area contributed by atoms with Crippen molar-refractivity contribution in [3.63, 3.8) is 0 Å². The minimum atomic E-state index is 0.224. The maximum Gasteiger partial charge on any atom is 0.0556 e. The summed E-state index contributed by atoms with van der Waals surface area (Å²) in [7, 11) is 0. The summed E-state index contributed by atoms with van der Waals surface area (Å²) in [5.41, 5.74) is 5.94. The summed E-state index contributed by atoms with van der Waals surface area (Å²) >= 11 is 0. The number of nitrogens with one attached hydrogen (secondary N) is 1. The van der Waals surface area contributed by atoms with E-state index in [2.05, 4.69) is 12.2 Å². The predicted molar refractivity (Wildman–Crippen MR) is 49.9 cm³/mol. The SMILES string of the molecule is CC1CCC(NCCO)CC1N. The van der Waals surface area contributed by atoms with Gasteiger partial charge in [-0.3, -0.25) is 0 Å². The van der Waals surface area contributed by atoms with Crippen molar-refractivity contribution < 1.29 is 5.11 Å². The average molecular weight is 172 g/mol. The molecule has 1 aliphatic carbocycles. The highest BCUT2D eigenvalue weighted by molar-refractivity contribution is 4.83. The van der Waals surface area contributed by atoms with Crippen LogP contribution in [0.2, 0.25) is 0 Å². The van der Waals surface area contributed by atoms with Crippen LogP contribution in [0.5, 0.6) is 0 Å². The van der Waals surface area contributed by atoms with E-state index in [-0.39, 0.29) is 6.61 Å². The second kappa shape index (κ2) is 4.80. The third-order valence-corrected chi connectivity index (χ3v) is 2.80. The number of aliphatic hydroxyl groups is 1. The molecule has 1 fully saturated rings. The third kappa shape index (κ3) is 2.73. The van der Waals surface area contributed by atoms with Crippen molar-refractivity contribution in [1.29, 1.82) is 0 Å². The molecule has 0 saturated heterocycles. The van der Waals surface area contributed by atoms with Gasteiger partial charge in [0.05, 0.1) is 6.61 Å². The standard InChI is InChI=1S/C9H20N2O/c1-7-2-3-8(6-9(7)10)11-4-5-12/h7-9,11-12H,2-6,10H2,1H3. The van der Waals surface area contributed by atoms with Crippen LogP contribution in [0.1, 0.15) is 26.2 Å². The number of nitrogens with two attached hydrogens (primary N) is 1. The van der Waals surface area contributed by atoms with Crippen molar-refractivity contribution in [2.75, 3.05) is 13.2 Å². The molecule has 0 aliphatic heterocycles. The largest absolute Gasteiger partial charge is 0.395 e. The van der Waals surface area contributed by atoms with Gasteiger partial charge in [0.25, 0.3) is 0 Å². The first-order valence-corrected chi connectivity index (χ1v) is 4.84. The molecule has 0 aromatic rings. The molecule has 0 aromatic carbocycles. The zero-order chi connectivity index (χ0) is 8.97. The maximum absolute atomic E-state index is 8.62. The second-order valence-corrected chi connectivity index (χ2v) is 3.83. The van der Waals surface area contributed by atoms with Crippen LogP contribution in [0.25, 0.3) is 0 Å². The molecule has 0 radical (unpaired) electrons. The van der Waals surface area contributed by atoms with Gasteiger partial charge in [-0.15, -0.1) is 0 Å². The van der Waals surface area contributed by atoms with E-state index in [4.69, 9.17) is 10.8 Å². The molecule has 72 valence electrons. The first-order valence-electron chi connectivity index (χ1n) is 4.84. The molecule has 0 heterocycles. The molecule has 1 aliphatic rings. The van der Waals surface area contributed by atoms with Crippen LogP contribution in [-0.4, -0.2) is 30.3 Å². The number of rotatable bonds is 3. The molecule has 3 atom stereocenters. The number of hydrogen-bond donors (Lipinski definition) is 3. The Morgan fingerprint density at radius 2 is 2.25 bits per heavy atom. The summed E-state index contributed by atoms with van der Waals surface area (Å²) in [6, 6.07) is 0.873. The summed E-state index contributed by atoms with van der Waals surface area (Å²) in [6.45, 7) is 3.14. The van der Waals surface area contributed by atoms with Crippen molar-refractivity contribution >= 4 is 0 Å². The van der Waals surface area contributed by atoms with Crippen molar-refractivity contribution in [1.82, 2.24) is 5.32 Å². The molecule has 0 amide bonds. The summed E-state index contributed by atoms with van der Waals surface area (Å²) in [6.07, 6.45) is 3.47. The van der Waals surface area contributed by atoms with Gasteiger partial charge in [-0.2, -0.15) is 0 Å². The summed E-state index contributed by atoms with van der Waals surface area (Å²) < 4.78 is 0. The molecule has 12 heavy (non-hydrogen) atoms. The molecule has 3 nitrogen and oxygen atoms in total. The molecule has 0 bridgehead atoms. The Morgan fingerprint density at radius 1 is 1.50 bits per heavy atom.